The summed E-state index contributed by atoms with van der Waals surface area (Å²) < 4.78 is 5.28. The van der Waals surface area contributed by atoms with Crippen molar-refractivity contribution in [3.8, 4) is 0 Å². The van der Waals surface area contributed by atoms with E-state index < -0.39 is 6.04 Å². The molecule has 2 heterocycles. The summed E-state index contributed by atoms with van der Waals surface area (Å²) in [5, 5.41) is 13.2. The highest BCUT2D eigenvalue weighted by Gasteiger charge is 2.24. The molecular formula is C28H48N6O5S3. The summed E-state index contributed by atoms with van der Waals surface area (Å²) in [4.78, 5) is 53.0. The van der Waals surface area contributed by atoms with E-state index in [0.717, 1.165) is 43.8 Å². The van der Waals surface area contributed by atoms with Crippen molar-refractivity contribution in [2.45, 2.75) is 106 Å². The first kappa shape index (κ1) is 36.6. The van der Waals surface area contributed by atoms with Crippen LogP contribution in [0.25, 0.3) is 10.4 Å². The highest BCUT2D eigenvalue weighted by Crippen LogP contribution is 2.39. The summed E-state index contributed by atoms with van der Waals surface area (Å²) in [6.45, 7) is 1.35. The lowest BCUT2D eigenvalue weighted by atomic mass is 10.0. The molecule has 0 radical (unpaired) electrons. The van der Waals surface area contributed by atoms with Crippen molar-refractivity contribution in [2.75, 3.05) is 44.4 Å². The standard InChI is InChI=1S/C28H48N6O5S3/c29-34-32-16-18-39-17-15-31-28(38)21-24(33-27(37)12-4-1-7-22-9-6-19-40-22)25(35)10-5-14-30-26(36)11-3-2-8-23-13-20-41-42-23/h22-24H,1-21H2,(H,30,36)(H,31,38)(H,33,37)/t22?,23?,24-/m0/s1. The van der Waals surface area contributed by atoms with E-state index in [1.54, 1.807) is 0 Å². The van der Waals surface area contributed by atoms with Gasteiger partial charge in [-0.05, 0) is 62.7 Å². The van der Waals surface area contributed by atoms with E-state index >= 15 is 0 Å². The summed E-state index contributed by atoms with van der Waals surface area (Å²) in [6.07, 6.45) is 11.0. The lowest BCUT2D eigenvalue weighted by Crippen LogP contribution is -2.44. The van der Waals surface area contributed by atoms with E-state index in [2.05, 4.69) is 26.0 Å². The smallest absolute Gasteiger partial charge is 0.222 e. The maximum Gasteiger partial charge on any atom is 0.222 e. The van der Waals surface area contributed by atoms with Crippen LogP contribution in [-0.2, 0) is 23.9 Å². The van der Waals surface area contributed by atoms with Gasteiger partial charge in [-0.1, -0.05) is 39.5 Å². The number of ether oxygens (including phenoxy) is 1. The molecule has 2 fully saturated rings. The number of thioether (sulfide) groups is 1. The third-order valence-corrected chi connectivity index (χ3v) is 11.6. The quantitative estimate of drug-likeness (QED) is 0.0438. The summed E-state index contributed by atoms with van der Waals surface area (Å²) in [6, 6.07) is -0.906. The Morgan fingerprint density at radius 1 is 0.857 bits per heavy atom. The molecule has 0 spiro atoms. The normalized spacial score (nSPS) is 18.7. The molecule has 2 unspecified atom stereocenters. The summed E-state index contributed by atoms with van der Waals surface area (Å²) in [5.41, 5.74) is 8.27. The molecule has 0 aromatic heterocycles. The average molecular weight is 645 g/mol. The fourth-order valence-corrected chi connectivity index (χ4v) is 9.15. The van der Waals surface area contributed by atoms with E-state index in [-0.39, 0.29) is 62.6 Å². The molecular weight excluding hydrogens is 597 g/mol. The number of rotatable bonds is 24. The molecule has 2 saturated heterocycles. The van der Waals surface area contributed by atoms with Gasteiger partial charge in [0, 0.05) is 60.1 Å². The molecule has 238 valence electrons. The highest BCUT2D eigenvalue weighted by atomic mass is 33.1. The third kappa shape index (κ3) is 18.1. The Morgan fingerprint density at radius 2 is 1.62 bits per heavy atom. The van der Waals surface area contributed by atoms with Gasteiger partial charge in [0.2, 0.25) is 17.7 Å². The molecule has 11 nitrogen and oxygen atoms in total. The van der Waals surface area contributed by atoms with Crippen molar-refractivity contribution in [3.05, 3.63) is 10.4 Å². The number of nitrogens with one attached hydrogen (secondary N) is 3. The van der Waals surface area contributed by atoms with Gasteiger partial charge in [-0.3, -0.25) is 19.2 Å². The molecule has 3 amide bonds. The largest absolute Gasteiger partial charge is 0.379 e. The van der Waals surface area contributed by atoms with Crippen LogP contribution < -0.4 is 16.0 Å². The molecule has 0 bridgehead atoms. The molecule has 2 aliphatic rings. The van der Waals surface area contributed by atoms with Gasteiger partial charge in [-0.25, -0.2) is 0 Å². The van der Waals surface area contributed by atoms with Gasteiger partial charge in [-0.15, -0.1) is 0 Å². The van der Waals surface area contributed by atoms with Crippen LogP contribution in [0.4, 0.5) is 0 Å². The second-order valence-electron chi connectivity index (χ2n) is 10.6. The van der Waals surface area contributed by atoms with Crippen LogP contribution in [0.15, 0.2) is 5.11 Å². The molecule has 3 N–H and O–H groups in total. The van der Waals surface area contributed by atoms with E-state index in [1.165, 1.54) is 30.8 Å². The topological polar surface area (TPSA) is 162 Å². The molecule has 0 aliphatic carbocycles. The fraction of sp³-hybridized carbons (Fsp3) is 0.857. The highest BCUT2D eigenvalue weighted by molar-refractivity contribution is 8.77. The van der Waals surface area contributed by atoms with Crippen LogP contribution in [0.2, 0.25) is 0 Å². The number of nitrogens with zero attached hydrogens (tertiary/aromatic N) is 3. The van der Waals surface area contributed by atoms with Gasteiger partial charge in [0.15, 0.2) is 5.78 Å². The van der Waals surface area contributed by atoms with Crippen LogP contribution in [0.3, 0.4) is 0 Å². The number of Topliss-reactive ketones (excluding diaryl/α,β-unsaturated/α-hetero) is 1. The van der Waals surface area contributed by atoms with Crippen molar-refractivity contribution in [1.29, 1.82) is 0 Å². The van der Waals surface area contributed by atoms with Crippen molar-refractivity contribution >= 4 is 56.9 Å². The number of carbonyl (C=O) groups is 4. The van der Waals surface area contributed by atoms with Crippen LogP contribution in [0.5, 0.6) is 0 Å². The van der Waals surface area contributed by atoms with Gasteiger partial charge >= 0.3 is 0 Å². The lowest BCUT2D eigenvalue weighted by Gasteiger charge is -2.18. The zero-order valence-corrected chi connectivity index (χ0v) is 27.1. The minimum Gasteiger partial charge on any atom is -0.379 e. The number of hydrogen-bond donors (Lipinski definition) is 3. The number of ketones is 1. The molecule has 0 saturated carbocycles. The predicted molar refractivity (Wildman–Crippen MR) is 173 cm³/mol. The lowest BCUT2D eigenvalue weighted by molar-refractivity contribution is -0.130. The Kier molecular flexibility index (Phi) is 20.7. The number of carbonyl (C=O) groups excluding carboxylic acids is 4. The first-order valence-electron chi connectivity index (χ1n) is 15.3. The van der Waals surface area contributed by atoms with Gasteiger partial charge in [-0.2, -0.15) is 11.8 Å². The number of amides is 3. The maximum absolute atomic E-state index is 13.0. The summed E-state index contributed by atoms with van der Waals surface area (Å²) in [7, 11) is 3.89. The monoisotopic (exact) mass is 644 g/mol. The Morgan fingerprint density at radius 3 is 2.33 bits per heavy atom. The van der Waals surface area contributed by atoms with Crippen molar-refractivity contribution in [1.82, 2.24) is 16.0 Å². The van der Waals surface area contributed by atoms with E-state index in [9.17, 15) is 19.2 Å². The first-order chi connectivity index (χ1) is 20.5. The number of hydrogen-bond acceptors (Lipinski definition) is 9. The zero-order chi connectivity index (χ0) is 30.3. The minimum atomic E-state index is -0.906. The minimum absolute atomic E-state index is 0.00206. The van der Waals surface area contributed by atoms with Crippen LogP contribution in [0, 0.1) is 0 Å². The molecule has 3 atom stereocenters. The zero-order valence-electron chi connectivity index (χ0n) is 24.7. The van der Waals surface area contributed by atoms with Crippen molar-refractivity contribution in [3.63, 3.8) is 0 Å². The predicted octanol–water partition coefficient (Wildman–Crippen LogP) is 4.94. The Balaban J connectivity index is 1.68. The molecule has 42 heavy (non-hydrogen) atoms. The third-order valence-electron chi connectivity index (χ3n) is 7.11. The summed E-state index contributed by atoms with van der Waals surface area (Å²) in [5.74, 6) is 1.66. The van der Waals surface area contributed by atoms with Crippen molar-refractivity contribution < 1.29 is 23.9 Å². The Bertz CT molecular complexity index is 865. The molecule has 0 aromatic rings. The van der Waals surface area contributed by atoms with Gasteiger partial charge < -0.3 is 20.7 Å². The van der Waals surface area contributed by atoms with Gasteiger partial charge in [0.05, 0.1) is 25.7 Å². The second kappa shape index (κ2) is 23.8. The van der Waals surface area contributed by atoms with E-state index in [1.807, 2.05) is 33.3 Å². The van der Waals surface area contributed by atoms with Gasteiger partial charge in [0.1, 0.15) is 0 Å². The van der Waals surface area contributed by atoms with E-state index in [4.69, 9.17) is 10.3 Å². The molecule has 2 aliphatic heterocycles. The SMILES string of the molecule is [N-]=[N+]=NCCOCCNC(=O)C[C@H](NC(=O)CCCCC1CCCS1)C(=O)CCCNC(=O)CCCCC1CCSS1. The molecule has 14 heteroatoms. The summed E-state index contributed by atoms with van der Waals surface area (Å²) >= 11 is 2.01. The molecule has 0 aromatic carbocycles. The van der Waals surface area contributed by atoms with Crippen LogP contribution >= 0.6 is 33.3 Å². The van der Waals surface area contributed by atoms with Gasteiger partial charge in [0.25, 0.3) is 0 Å². The van der Waals surface area contributed by atoms with Crippen molar-refractivity contribution in [2.24, 2.45) is 5.11 Å². The average Bonchev–Trinajstić information content (AvgIpc) is 3.70. The maximum atomic E-state index is 13.0. The molecule has 2 rings (SSSR count). The van der Waals surface area contributed by atoms with Crippen LogP contribution in [0.1, 0.15) is 89.9 Å². The Hall–Kier alpha value is -1.60. The first-order valence-corrected chi connectivity index (χ1v) is 18.7. The van der Waals surface area contributed by atoms with E-state index in [0.29, 0.717) is 31.1 Å². The Labute approximate surface area is 262 Å². The fourth-order valence-electron chi connectivity index (χ4n) is 4.79. The second-order valence-corrected chi connectivity index (χ2v) is 14.8. The number of unbranched alkanes of at least 4 members (excludes halogenated alkanes) is 2. The van der Waals surface area contributed by atoms with Crippen LogP contribution in [-0.4, -0.2) is 84.4 Å². The number of azide groups is 1.